The van der Waals surface area contributed by atoms with Gasteiger partial charge < -0.3 is 11.1 Å². The van der Waals surface area contributed by atoms with E-state index in [0.717, 1.165) is 0 Å². The van der Waals surface area contributed by atoms with E-state index in [2.05, 4.69) is 5.32 Å². The molecule has 0 saturated heterocycles. The number of primary amides is 1. The van der Waals surface area contributed by atoms with Crippen LogP contribution in [-0.4, -0.2) is 22.2 Å². The molecule has 0 saturated carbocycles. The molecule has 0 aromatic heterocycles. The molecule has 0 aliphatic rings. The number of carbonyl (C=O) groups excluding carboxylic acids is 2. The van der Waals surface area contributed by atoms with E-state index in [9.17, 15) is 9.59 Å². The van der Waals surface area contributed by atoms with Crippen LogP contribution in [0.3, 0.4) is 0 Å². The fraction of sp³-hybridized carbons (Fsp3) is 0.714. The number of amides is 2. The normalized spacial score (nSPS) is 17.2. The Balaban J connectivity index is 4.28. The predicted octanol–water partition coefficient (Wildman–Crippen LogP) is 0.560. The van der Waals surface area contributed by atoms with Gasteiger partial charge in [0, 0.05) is 0 Å². The number of nitrogens with two attached hydrogens (primary N) is 1. The van der Waals surface area contributed by atoms with Gasteiger partial charge in [0.05, 0.1) is 0 Å². The van der Waals surface area contributed by atoms with Gasteiger partial charge in [-0.3, -0.25) is 9.59 Å². The van der Waals surface area contributed by atoms with Crippen LogP contribution in [0.25, 0.3) is 0 Å². The summed E-state index contributed by atoms with van der Waals surface area (Å²) in [4.78, 5) is 20.3. The molecule has 2 unspecified atom stereocenters. The maximum Gasteiger partial charge on any atom is 0.258 e. The summed E-state index contributed by atoms with van der Waals surface area (Å²) in [6.07, 6.45) is 0.457. The molecular weight excluding hydrogens is 215 g/mol. The van der Waals surface area contributed by atoms with Gasteiger partial charge in [-0.05, 0) is 13.3 Å². The third-order valence-electron chi connectivity index (χ3n) is 1.46. The molecule has 4 nitrogen and oxygen atoms in total. The summed E-state index contributed by atoms with van der Waals surface area (Å²) in [5, 5.41) is 1.53. The third kappa shape index (κ3) is 3.83. The zero-order chi connectivity index (χ0) is 10.6. The number of alkyl halides is 2. The van der Waals surface area contributed by atoms with Crippen LogP contribution in [0.2, 0.25) is 0 Å². The third-order valence-corrected chi connectivity index (χ3v) is 2.25. The molecule has 0 aliphatic heterocycles. The van der Waals surface area contributed by atoms with Crippen molar-refractivity contribution < 1.29 is 9.59 Å². The second-order valence-corrected chi connectivity index (χ2v) is 4.02. The SMILES string of the molecule is CCC(Cl)C(=O)NC(C)(Cl)C(N)=O. The van der Waals surface area contributed by atoms with E-state index in [1.165, 1.54) is 6.92 Å². The number of hydrogen-bond donors (Lipinski definition) is 2. The Labute approximate surface area is 86.7 Å². The quantitative estimate of drug-likeness (QED) is 0.544. The monoisotopic (exact) mass is 226 g/mol. The molecule has 76 valence electrons. The van der Waals surface area contributed by atoms with Gasteiger partial charge in [-0.2, -0.15) is 0 Å². The summed E-state index contributed by atoms with van der Waals surface area (Å²) in [5.41, 5.74) is 4.93. The molecule has 0 fully saturated rings. The van der Waals surface area contributed by atoms with Crippen LogP contribution in [0, 0.1) is 0 Å². The first-order chi connectivity index (χ1) is 5.81. The van der Waals surface area contributed by atoms with Crippen LogP contribution in [-0.2, 0) is 9.59 Å². The van der Waals surface area contributed by atoms with Crippen molar-refractivity contribution in [2.45, 2.75) is 30.6 Å². The molecule has 2 amide bonds. The smallest absolute Gasteiger partial charge is 0.258 e. The Morgan fingerprint density at radius 2 is 2.08 bits per heavy atom. The van der Waals surface area contributed by atoms with Crippen molar-refractivity contribution >= 4 is 35.0 Å². The second kappa shape index (κ2) is 4.67. The van der Waals surface area contributed by atoms with Crippen LogP contribution in [0.5, 0.6) is 0 Å². The fourth-order valence-electron chi connectivity index (χ4n) is 0.557. The zero-order valence-corrected chi connectivity index (χ0v) is 8.95. The van der Waals surface area contributed by atoms with Crippen LogP contribution >= 0.6 is 23.2 Å². The largest absolute Gasteiger partial charge is 0.367 e. The van der Waals surface area contributed by atoms with Gasteiger partial charge in [0.1, 0.15) is 5.38 Å². The highest BCUT2D eigenvalue weighted by atomic mass is 35.5. The molecular formula is C7H12Cl2N2O2. The molecule has 0 radical (unpaired) electrons. The average molecular weight is 227 g/mol. The molecule has 0 rings (SSSR count). The lowest BCUT2D eigenvalue weighted by molar-refractivity contribution is -0.128. The van der Waals surface area contributed by atoms with E-state index in [1.807, 2.05) is 0 Å². The summed E-state index contributed by atoms with van der Waals surface area (Å²) in [7, 11) is 0. The van der Waals surface area contributed by atoms with Gasteiger partial charge in [0.15, 0.2) is 5.00 Å². The molecule has 0 bridgehead atoms. The van der Waals surface area contributed by atoms with Crippen molar-refractivity contribution in [1.82, 2.24) is 5.32 Å². The Kier molecular flexibility index (Phi) is 4.50. The number of halogens is 2. The first-order valence-electron chi connectivity index (χ1n) is 3.76. The van der Waals surface area contributed by atoms with Crippen molar-refractivity contribution in [3.05, 3.63) is 0 Å². The number of carbonyl (C=O) groups is 2. The second-order valence-electron chi connectivity index (χ2n) is 2.73. The van der Waals surface area contributed by atoms with E-state index < -0.39 is 22.2 Å². The van der Waals surface area contributed by atoms with E-state index in [1.54, 1.807) is 6.92 Å². The Hall–Kier alpha value is -0.480. The lowest BCUT2D eigenvalue weighted by Crippen LogP contribution is -2.52. The first kappa shape index (κ1) is 12.5. The predicted molar refractivity (Wildman–Crippen MR) is 51.5 cm³/mol. The molecule has 2 atom stereocenters. The maximum absolute atomic E-state index is 11.2. The van der Waals surface area contributed by atoms with Crippen molar-refractivity contribution in [2.24, 2.45) is 5.73 Å². The molecule has 0 spiro atoms. The highest BCUT2D eigenvalue weighted by Crippen LogP contribution is 2.11. The highest BCUT2D eigenvalue weighted by Gasteiger charge is 2.31. The molecule has 3 N–H and O–H groups in total. The van der Waals surface area contributed by atoms with Crippen molar-refractivity contribution in [3.8, 4) is 0 Å². The summed E-state index contributed by atoms with van der Waals surface area (Å²) in [5.74, 6) is -1.32. The summed E-state index contributed by atoms with van der Waals surface area (Å²) in [6.45, 7) is 3.04. The van der Waals surface area contributed by atoms with Gasteiger partial charge in [-0.25, -0.2) is 0 Å². The Morgan fingerprint density at radius 3 is 2.38 bits per heavy atom. The first-order valence-corrected chi connectivity index (χ1v) is 4.57. The van der Waals surface area contributed by atoms with E-state index in [4.69, 9.17) is 28.9 Å². The van der Waals surface area contributed by atoms with Gasteiger partial charge in [-0.1, -0.05) is 18.5 Å². The highest BCUT2D eigenvalue weighted by molar-refractivity contribution is 6.36. The van der Waals surface area contributed by atoms with Crippen molar-refractivity contribution in [1.29, 1.82) is 0 Å². The minimum atomic E-state index is -1.57. The molecule has 0 aliphatic carbocycles. The zero-order valence-electron chi connectivity index (χ0n) is 7.43. The maximum atomic E-state index is 11.2. The van der Waals surface area contributed by atoms with E-state index in [0.29, 0.717) is 6.42 Å². The number of nitrogens with one attached hydrogen (secondary N) is 1. The van der Waals surface area contributed by atoms with Crippen LogP contribution < -0.4 is 11.1 Å². The lowest BCUT2D eigenvalue weighted by Gasteiger charge is -2.20. The lowest BCUT2D eigenvalue weighted by atomic mass is 10.2. The van der Waals surface area contributed by atoms with Gasteiger partial charge in [-0.15, -0.1) is 11.6 Å². The van der Waals surface area contributed by atoms with Crippen molar-refractivity contribution in [3.63, 3.8) is 0 Å². The summed E-state index contributed by atoms with van der Waals surface area (Å²) in [6, 6.07) is 0. The van der Waals surface area contributed by atoms with Gasteiger partial charge in [0.25, 0.3) is 5.91 Å². The van der Waals surface area contributed by atoms with Crippen LogP contribution in [0.4, 0.5) is 0 Å². The minimum Gasteiger partial charge on any atom is -0.367 e. The molecule has 0 heterocycles. The Morgan fingerprint density at radius 1 is 1.62 bits per heavy atom. The molecule has 13 heavy (non-hydrogen) atoms. The van der Waals surface area contributed by atoms with Gasteiger partial charge >= 0.3 is 0 Å². The Bertz CT molecular complexity index is 219. The molecule has 0 aromatic rings. The van der Waals surface area contributed by atoms with E-state index >= 15 is 0 Å². The average Bonchev–Trinajstić information content (AvgIpc) is 2.01. The van der Waals surface area contributed by atoms with Crippen LogP contribution in [0.1, 0.15) is 20.3 Å². The number of rotatable bonds is 4. The molecule has 6 heteroatoms. The molecule has 0 aromatic carbocycles. The topological polar surface area (TPSA) is 72.2 Å². The summed E-state index contributed by atoms with van der Waals surface area (Å²) < 4.78 is 0. The van der Waals surface area contributed by atoms with E-state index in [-0.39, 0.29) is 0 Å². The standard InChI is InChI=1S/C7H12Cl2N2O2/c1-3-4(8)5(12)11-7(2,9)6(10)13/h4H,3H2,1-2H3,(H2,10,13)(H,11,12). The van der Waals surface area contributed by atoms with Crippen molar-refractivity contribution in [2.75, 3.05) is 0 Å². The van der Waals surface area contributed by atoms with Gasteiger partial charge in [0.2, 0.25) is 5.91 Å². The fourth-order valence-corrected chi connectivity index (χ4v) is 0.704. The minimum absolute atomic E-state index is 0.457. The number of hydrogen-bond acceptors (Lipinski definition) is 2. The van der Waals surface area contributed by atoms with Crippen LogP contribution in [0.15, 0.2) is 0 Å². The summed E-state index contributed by atoms with van der Waals surface area (Å²) >= 11 is 11.2.